The van der Waals surface area contributed by atoms with E-state index in [4.69, 9.17) is 0 Å². The molecule has 0 spiro atoms. The minimum absolute atomic E-state index is 0.185. The average molecular weight is 324 g/mol. The number of nitro groups is 2. The summed E-state index contributed by atoms with van der Waals surface area (Å²) in [7, 11) is 0. The van der Waals surface area contributed by atoms with Crippen LogP contribution in [-0.2, 0) is 0 Å². The second-order valence-electron chi connectivity index (χ2n) is 5.14. The Balaban J connectivity index is 2.14. The Kier molecular flexibility index (Phi) is 3.78. The summed E-state index contributed by atoms with van der Waals surface area (Å²) < 4.78 is 1.42. The molecule has 8 heteroatoms. The number of nitrogens with zero attached hydrogens (tertiary/aromatic N) is 4. The lowest BCUT2D eigenvalue weighted by molar-refractivity contribution is -0.394. The zero-order valence-electron chi connectivity index (χ0n) is 12.6. The van der Waals surface area contributed by atoms with Crippen LogP contribution in [-0.4, -0.2) is 19.6 Å². The van der Waals surface area contributed by atoms with E-state index in [2.05, 4.69) is 5.10 Å². The molecule has 0 radical (unpaired) electrons. The molecule has 0 aliphatic heterocycles. The molecule has 0 aliphatic rings. The maximum absolute atomic E-state index is 11.3. The maximum Gasteiger partial charge on any atom is 0.301 e. The number of nitro benzene ring substituents is 2. The van der Waals surface area contributed by atoms with Crippen molar-refractivity contribution in [2.75, 3.05) is 0 Å². The fraction of sp³-hybridized carbons (Fsp3) is 0.0625. The number of benzene rings is 2. The summed E-state index contributed by atoms with van der Waals surface area (Å²) in [4.78, 5) is 20.8. The van der Waals surface area contributed by atoms with E-state index in [1.54, 1.807) is 13.0 Å². The van der Waals surface area contributed by atoms with Gasteiger partial charge in [-0.1, -0.05) is 30.3 Å². The molecule has 0 aliphatic carbocycles. The smallest absolute Gasteiger partial charge is 0.258 e. The topological polar surface area (TPSA) is 104 Å². The monoisotopic (exact) mass is 324 g/mol. The Morgan fingerprint density at radius 1 is 0.958 bits per heavy atom. The van der Waals surface area contributed by atoms with Gasteiger partial charge >= 0.3 is 5.69 Å². The number of rotatable bonds is 4. The van der Waals surface area contributed by atoms with Crippen molar-refractivity contribution in [1.82, 2.24) is 9.78 Å². The number of aromatic nitrogens is 2. The largest absolute Gasteiger partial charge is 0.301 e. The molecule has 3 aromatic rings. The van der Waals surface area contributed by atoms with Crippen LogP contribution < -0.4 is 0 Å². The Bertz CT molecular complexity index is 935. The molecule has 1 aromatic heterocycles. The van der Waals surface area contributed by atoms with Crippen molar-refractivity contribution in [3.8, 4) is 16.9 Å². The van der Waals surface area contributed by atoms with Crippen LogP contribution in [0.1, 0.15) is 5.69 Å². The first-order chi connectivity index (χ1) is 11.5. The molecule has 120 valence electrons. The predicted molar refractivity (Wildman–Crippen MR) is 87.0 cm³/mol. The molecule has 0 amide bonds. The Morgan fingerprint density at radius 3 is 2.29 bits per heavy atom. The van der Waals surface area contributed by atoms with Gasteiger partial charge < -0.3 is 0 Å². The third-order valence-electron chi connectivity index (χ3n) is 3.55. The lowest BCUT2D eigenvalue weighted by atomic mass is 10.1. The zero-order chi connectivity index (χ0) is 17.3. The first kappa shape index (κ1) is 15.3. The highest BCUT2D eigenvalue weighted by Gasteiger charge is 2.22. The van der Waals surface area contributed by atoms with E-state index in [1.165, 1.54) is 16.8 Å². The summed E-state index contributed by atoms with van der Waals surface area (Å²) in [5.41, 5.74) is 1.72. The molecule has 0 saturated heterocycles. The van der Waals surface area contributed by atoms with Gasteiger partial charge in [0.2, 0.25) is 0 Å². The van der Waals surface area contributed by atoms with Crippen LogP contribution in [0.25, 0.3) is 16.9 Å². The van der Waals surface area contributed by atoms with Gasteiger partial charge in [-0.2, -0.15) is 5.10 Å². The first-order valence-electron chi connectivity index (χ1n) is 7.02. The molecule has 1 heterocycles. The van der Waals surface area contributed by atoms with Crippen molar-refractivity contribution in [2.45, 2.75) is 6.92 Å². The van der Waals surface area contributed by atoms with Gasteiger partial charge in [0, 0.05) is 17.3 Å². The van der Waals surface area contributed by atoms with Gasteiger partial charge in [0.15, 0.2) is 0 Å². The SMILES string of the molecule is Cc1cc(-c2ccccc2)nn1-c1ccc([N+](=O)[O-])cc1[N+](=O)[O-]. The van der Waals surface area contributed by atoms with Crippen molar-refractivity contribution in [3.05, 3.63) is 80.5 Å². The second kappa shape index (κ2) is 5.92. The lowest BCUT2D eigenvalue weighted by Crippen LogP contribution is -2.04. The summed E-state index contributed by atoms with van der Waals surface area (Å²) in [6, 6.07) is 14.7. The van der Waals surface area contributed by atoms with Gasteiger partial charge in [-0.3, -0.25) is 20.2 Å². The van der Waals surface area contributed by atoms with Crippen LogP contribution in [0.15, 0.2) is 54.6 Å². The number of non-ortho nitro benzene ring substituents is 1. The van der Waals surface area contributed by atoms with Crippen LogP contribution >= 0.6 is 0 Å². The molecule has 2 aromatic carbocycles. The van der Waals surface area contributed by atoms with Gasteiger partial charge in [0.05, 0.1) is 21.6 Å². The summed E-state index contributed by atoms with van der Waals surface area (Å²) in [5.74, 6) is 0. The van der Waals surface area contributed by atoms with Crippen molar-refractivity contribution in [1.29, 1.82) is 0 Å². The van der Waals surface area contributed by atoms with Crippen LogP contribution in [0.5, 0.6) is 0 Å². The van der Waals surface area contributed by atoms with E-state index >= 15 is 0 Å². The highest BCUT2D eigenvalue weighted by molar-refractivity contribution is 5.62. The molecule has 24 heavy (non-hydrogen) atoms. The quantitative estimate of drug-likeness (QED) is 0.538. The van der Waals surface area contributed by atoms with E-state index in [1.807, 2.05) is 30.3 Å². The highest BCUT2D eigenvalue weighted by Crippen LogP contribution is 2.29. The van der Waals surface area contributed by atoms with E-state index < -0.39 is 9.85 Å². The normalized spacial score (nSPS) is 10.5. The number of aryl methyl sites for hydroxylation is 1. The number of hydrogen-bond donors (Lipinski definition) is 0. The molecule has 8 nitrogen and oxygen atoms in total. The minimum atomic E-state index is -0.665. The molecular weight excluding hydrogens is 312 g/mol. The maximum atomic E-state index is 11.3. The molecule has 3 rings (SSSR count). The van der Waals surface area contributed by atoms with E-state index in [0.29, 0.717) is 11.4 Å². The van der Waals surface area contributed by atoms with Crippen LogP contribution in [0.4, 0.5) is 11.4 Å². The van der Waals surface area contributed by atoms with Crippen molar-refractivity contribution in [2.24, 2.45) is 0 Å². The third kappa shape index (κ3) is 2.72. The third-order valence-corrected chi connectivity index (χ3v) is 3.55. The molecule has 0 saturated carbocycles. The Labute approximate surface area is 136 Å². The molecule has 0 bridgehead atoms. The molecule has 0 N–H and O–H groups in total. The molecular formula is C16H12N4O4. The summed E-state index contributed by atoms with van der Waals surface area (Å²) in [6.45, 7) is 1.77. The van der Waals surface area contributed by atoms with Crippen molar-refractivity contribution >= 4 is 11.4 Å². The summed E-state index contributed by atoms with van der Waals surface area (Å²) in [6.07, 6.45) is 0. The fourth-order valence-electron chi connectivity index (χ4n) is 2.42. The van der Waals surface area contributed by atoms with Crippen molar-refractivity contribution < 1.29 is 9.85 Å². The van der Waals surface area contributed by atoms with E-state index in [-0.39, 0.29) is 17.1 Å². The van der Waals surface area contributed by atoms with Gasteiger partial charge in [0.1, 0.15) is 5.69 Å². The molecule has 0 unspecified atom stereocenters. The molecule has 0 fully saturated rings. The standard InChI is InChI=1S/C16H12N4O4/c1-11-9-14(12-5-3-2-4-6-12)17-18(11)15-8-7-13(19(21)22)10-16(15)20(23)24/h2-10H,1H3. The van der Waals surface area contributed by atoms with Gasteiger partial charge in [0.25, 0.3) is 5.69 Å². The lowest BCUT2D eigenvalue weighted by Gasteiger charge is -2.05. The average Bonchev–Trinajstić information content (AvgIpc) is 2.96. The summed E-state index contributed by atoms with van der Waals surface area (Å²) in [5, 5.41) is 26.6. The Hall–Kier alpha value is -3.55. The van der Waals surface area contributed by atoms with Crippen LogP contribution in [0.3, 0.4) is 0 Å². The summed E-state index contributed by atoms with van der Waals surface area (Å²) >= 11 is 0. The van der Waals surface area contributed by atoms with E-state index in [0.717, 1.165) is 11.6 Å². The minimum Gasteiger partial charge on any atom is -0.258 e. The van der Waals surface area contributed by atoms with Gasteiger partial charge in [-0.15, -0.1) is 0 Å². The fourth-order valence-corrected chi connectivity index (χ4v) is 2.42. The second-order valence-corrected chi connectivity index (χ2v) is 5.14. The Morgan fingerprint density at radius 2 is 1.67 bits per heavy atom. The van der Waals surface area contributed by atoms with Gasteiger partial charge in [-0.05, 0) is 19.1 Å². The van der Waals surface area contributed by atoms with Crippen molar-refractivity contribution in [3.63, 3.8) is 0 Å². The highest BCUT2D eigenvalue weighted by atomic mass is 16.6. The number of hydrogen-bond acceptors (Lipinski definition) is 5. The predicted octanol–water partition coefficient (Wildman–Crippen LogP) is 3.66. The zero-order valence-corrected chi connectivity index (χ0v) is 12.6. The molecule has 0 atom stereocenters. The first-order valence-corrected chi connectivity index (χ1v) is 7.02. The van der Waals surface area contributed by atoms with Gasteiger partial charge in [-0.25, -0.2) is 4.68 Å². The van der Waals surface area contributed by atoms with Crippen LogP contribution in [0.2, 0.25) is 0 Å². The van der Waals surface area contributed by atoms with Crippen LogP contribution in [0, 0.1) is 27.2 Å². The van der Waals surface area contributed by atoms with E-state index in [9.17, 15) is 20.2 Å².